The zero-order valence-electron chi connectivity index (χ0n) is 15.3. The first kappa shape index (κ1) is 19.3. The summed E-state index contributed by atoms with van der Waals surface area (Å²) in [6.07, 6.45) is 6.37. The predicted octanol–water partition coefficient (Wildman–Crippen LogP) is 4.42. The van der Waals surface area contributed by atoms with Crippen LogP contribution in [0.3, 0.4) is 0 Å². The smallest absolute Gasteiger partial charge is 0.256 e. The molecule has 0 heterocycles. The monoisotopic (exact) mass is 344 g/mol. The molecule has 1 saturated carbocycles. The second-order valence-electron chi connectivity index (χ2n) is 6.53. The Morgan fingerprint density at radius 1 is 1.20 bits per heavy atom. The van der Waals surface area contributed by atoms with Crippen LogP contribution in [0.5, 0.6) is 5.75 Å². The SMILES string of the molecule is CCCOc1ccc(NC(=O)C2(OCCC)CCCCC2)c(C#N)c1. The van der Waals surface area contributed by atoms with Crippen LogP contribution in [0.2, 0.25) is 0 Å². The molecular weight excluding hydrogens is 316 g/mol. The molecule has 1 aliphatic rings. The Labute approximate surface area is 150 Å². The molecule has 0 atom stereocenters. The van der Waals surface area contributed by atoms with Crippen molar-refractivity contribution in [3.05, 3.63) is 23.8 Å². The van der Waals surface area contributed by atoms with E-state index in [1.54, 1.807) is 18.2 Å². The van der Waals surface area contributed by atoms with E-state index < -0.39 is 5.60 Å². The maximum atomic E-state index is 12.9. The minimum absolute atomic E-state index is 0.139. The van der Waals surface area contributed by atoms with Gasteiger partial charge in [-0.05, 0) is 43.9 Å². The first-order valence-electron chi connectivity index (χ1n) is 9.27. The highest BCUT2D eigenvalue weighted by atomic mass is 16.5. The summed E-state index contributed by atoms with van der Waals surface area (Å²) < 4.78 is 11.5. The number of amides is 1. The first-order chi connectivity index (χ1) is 12.1. The number of nitrogens with one attached hydrogen (secondary N) is 1. The van der Waals surface area contributed by atoms with E-state index >= 15 is 0 Å². The fraction of sp³-hybridized carbons (Fsp3) is 0.600. The molecule has 25 heavy (non-hydrogen) atoms. The molecule has 0 unspecified atom stereocenters. The number of carbonyl (C=O) groups excluding carboxylic acids is 1. The van der Waals surface area contributed by atoms with Crippen LogP contribution in [0.1, 0.15) is 64.4 Å². The van der Waals surface area contributed by atoms with Crippen molar-refractivity contribution in [1.29, 1.82) is 5.26 Å². The van der Waals surface area contributed by atoms with Crippen molar-refractivity contribution in [3.63, 3.8) is 0 Å². The average molecular weight is 344 g/mol. The van der Waals surface area contributed by atoms with Crippen LogP contribution in [-0.4, -0.2) is 24.7 Å². The molecule has 1 N–H and O–H groups in total. The van der Waals surface area contributed by atoms with Crippen LogP contribution < -0.4 is 10.1 Å². The molecule has 1 aliphatic carbocycles. The molecule has 1 aromatic rings. The third kappa shape index (κ3) is 4.96. The summed E-state index contributed by atoms with van der Waals surface area (Å²) in [7, 11) is 0. The molecule has 136 valence electrons. The number of carbonyl (C=O) groups is 1. The molecule has 1 amide bonds. The number of nitrogens with zero attached hydrogens (tertiary/aromatic N) is 1. The third-order valence-electron chi connectivity index (χ3n) is 4.49. The van der Waals surface area contributed by atoms with Crippen molar-refractivity contribution < 1.29 is 14.3 Å². The summed E-state index contributed by atoms with van der Waals surface area (Å²) in [5.41, 5.74) is 0.156. The molecular formula is C20H28N2O3. The number of benzene rings is 1. The zero-order chi connectivity index (χ0) is 18.1. The third-order valence-corrected chi connectivity index (χ3v) is 4.49. The van der Waals surface area contributed by atoms with Crippen LogP contribution >= 0.6 is 0 Å². The quantitative estimate of drug-likeness (QED) is 0.758. The van der Waals surface area contributed by atoms with Gasteiger partial charge < -0.3 is 14.8 Å². The summed E-state index contributed by atoms with van der Waals surface area (Å²) in [6, 6.07) is 7.33. The Hall–Kier alpha value is -2.06. The lowest BCUT2D eigenvalue weighted by Crippen LogP contribution is -2.47. The van der Waals surface area contributed by atoms with Gasteiger partial charge in [0.1, 0.15) is 17.4 Å². The molecule has 5 nitrogen and oxygen atoms in total. The summed E-state index contributed by atoms with van der Waals surface area (Å²) >= 11 is 0. The van der Waals surface area contributed by atoms with Gasteiger partial charge in [-0.3, -0.25) is 4.79 Å². The molecule has 5 heteroatoms. The van der Waals surface area contributed by atoms with Crippen molar-refractivity contribution in [2.75, 3.05) is 18.5 Å². The lowest BCUT2D eigenvalue weighted by Gasteiger charge is -2.35. The molecule has 0 spiro atoms. The van der Waals surface area contributed by atoms with E-state index in [1.807, 2.05) is 13.8 Å². The molecule has 0 radical (unpaired) electrons. The van der Waals surface area contributed by atoms with Gasteiger partial charge in [-0.15, -0.1) is 0 Å². The largest absolute Gasteiger partial charge is 0.494 e. The minimum atomic E-state index is -0.766. The fourth-order valence-corrected chi connectivity index (χ4v) is 3.13. The van der Waals surface area contributed by atoms with Gasteiger partial charge >= 0.3 is 0 Å². The van der Waals surface area contributed by atoms with Crippen molar-refractivity contribution in [2.24, 2.45) is 0 Å². The number of hydrogen-bond acceptors (Lipinski definition) is 4. The van der Waals surface area contributed by atoms with Crippen molar-refractivity contribution in [1.82, 2.24) is 0 Å². The lowest BCUT2D eigenvalue weighted by molar-refractivity contribution is -0.146. The number of hydrogen-bond donors (Lipinski definition) is 1. The molecule has 0 bridgehead atoms. The fourth-order valence-electron chi connectivity index (χ4n) is 3.13. The second kappa shape index (κ2) is 9.43. The Balaban J connectivity index is 2.15. The summed E-state index contributed by atoms with van der Waals surface area (Å²) in [4.78, 5) is 12.9. The minimum Gasteiger partial charge on any atom is -0.494 e. The molecule has 0 aliphatic heterocycles. The predicted molar refractivity (Wildman–Crippen MR) is 97.6 cm³/mol. The summed E-state index contributed by atoms with van der Waals surface area (Å²) in [6.45, 7) is 5.24. The van der Waals surface area contributed by atoms with Gasteiger partial charge in [0.15, 0.2) is 0 Å². The van der Waals surface area contributed by atoms with E-state index in [0.717, 1.165) is 44.9 Å². The molecule has 0 saturated heterocycles. The number of rotatable bonds is 8. The van der Waals surface area contributed by atoms with E-state index in [-0.39, 0.29) is 5.91 Å². The standard InChI is InChI=1S/C20H28N2O3/c1-3-12-24-17-8-9-18(16(14-17)15-21)22-19(23)20(25-13-4-2)10-6-5-7-11-20/h8-9,14H,3-7,10-13H2,1-2H3,(H,22,23). The Morgan fingerprint density at radius 3 is 2.56 bits per heavy atom. The lowest BCUT2D eigenvalue weighted by atomic mass is 9.83. The normalized spacial score (nSPS) is 16.0. The zero-order valence-corrected chi connectivity index (χ0v) is 15.3. The van der Waals surface area contributed by atoms with E-state index in [4.69, 9.17) is 9.47 Å². The van der Waals surface area contributed by atoms with Gasteiger partial charge in [0.05, 0.1) is 17.9 Å². The van der Waals surface area contributed by atoms with Gasteiger partial charge in [-0.2, -0.15) is 5.26 Å². The van der Waals surface area contributed by atoms with Gasteiger partial charge in [0.2, 0.25) is 0 Å². The maximum Gasteiger partial charge on any atom is 0.256 e. The van der Waals surface area contributed by atoms with E-state index in [0.29, 0.717) is 30.2 Å². The van der Waals surface area contributed by atoms with Gasteiger partial charge in [-0.25, -0.2) is 0 Å². The first-order valence-corrected chi connectivity index (χ1v) is 9.27. The summed E-state index contributed by atoms with van der Waals surface area (Å²) in [5.74, 6) is 0.505. The van der Waals surface area contributed by atoms with Gasteiger partial charge in [0, 0.05) is 6.61 Å². The molecule has 1 aromatic carbocycles. The number of ether oxygens (including phenoxy) is 2. The Kier molecular flexibility index (Phi) is 7.27. The number of nitriles is 1. The number of anilines is 1. The summed E-state index contributed by atoms with van der Waals surface area (Å²) in [5, 5.41) is 12.3. The van der Waals surface area contributed by atoms with Crippen LogP contribution in [0.15, 0.2) is 18.2 Å². The van der Waals surface area contributed by atoms with Crippen LogP contribution in [0, 0.1) is 11.3 Å². The van der Waals surface area contributed by atoms with E-state index in [9.17, 15) is 10.1 Å². The molecule has 0 aromatic heterocycles. The van der Waals surface area contributed by atoms with Crippen LogP contribution in [0.4, 0.5) is 5.69 Å². The average Bonchev–Trinajstić information content (AvgIpc) is 2.66. The topological polar surface area (TPSA) is 71.3 Å². The van der Waals surface area contributed by atoms with Crippen LogP contribution in [0.25, 0.3) is 0 Å². The highest BCUT2D eigenvalue weighted by molar-refractivity contribution is 5.98. The van der Waals surface area contributed by atoms with Crippen molar-refractivity contribution in [2.45, 2.75) is 64.4 Å². The van der Waals surface area contributed by atoms with Crippen LogP contribution in [-0.2, 0) is 9.53 Å². The maximum absolute atomic E-state index is 12.9. The van der Waals surface area contributed by atoms with Gasteiger partial charge in [0.25, 0.3) is 5.91 Å². The van der Waals surface area contributed by atoms with E-state index in [2.05, 4.69) is 11.4 Å². The second-order valence-corrected chi connectivity index (χ2v) is 6.53. The molecule has 1 fully saturated rings. The highest BCUT2D eigenvalue weighted by Crippen LogP contribution is 2.34. The van der Waals surface area contributed by atoms with Gasteiger partial charge in [-0.1, -0.05) is 33.1 Å². The van der Waals surface area contributed by atoms with E-state index in [1.165, 1.54) is 0 Å². The van der Waals surface area contributed by atoms with Crippen molar-refractivity contribution in [3.8, 4) is 11.8 Å². The van der Waals surface area contributed by atoms with Crippen molar-refractivity contribution >= 4 is 11.6 Å². The Morgan fingerprint density at radius 2 is 1.92 bits per heavy atom. The molecule has 2 rings (SSSR count). The Bertz CT molecular complexity index is 616. The highest BCUT2D eigenvalue weighted by Gasteiger charge is 2.40.